The van der Waals surface area contributed by atoms with Gasteiger partial charge in [0.25, 0.3) is 0 Å². The molecule has 1 atom stereocenters. The van der Waals surface area contributed by atoms with Gasteiger partial charge in [0.2, 0.25) is 0 Å². The molecule has 4 nitrogen and oxygen atoms in total. The number of hydrogen-bond acceptors (Lipinski definition) is 3. The Kier molecular flexibility index (Phi) is 7.04. The lowest BCUT2D eigenvalue weighted by atomic mass is 10.1. The van der Waals surface area contributed by atoms with Gasteiger partial charge in [-0.2, -0.15) is 0 Å². The number of halogens is 2. The highest BCUT2D eigenvalue weighted by molar-refractivity contribution is 6.30. The number of benzene rings is 2. The van der Waals surface area contributed by atoms with E-state index in [0.717, 1.165) is 11.1 Å². The predicted molar refractivity (Wildman–Crippen MR) is 99.9 cm³/mol. The maximum Gasteiger partial charge on any atom is 0.310 e. The van der Waals surface area contributed by atoms with Crippen LogP contribution in [0, 0.1) is 0 Å². The van der Waals surface area contributed by atoms with Gasteiger partial charge in [-0.05, 0) is 23.3 Å². The second-order valence-corrected chi connectivity index (χ2v) is 5.89. The van der Waals surface area contributed by atoms with Crippen molar-refractivity contribution in [1.82, 2.24) is 9.55 Å². The van der Waals surface area contributed by atoms with E-state index in [0.29, 0.717) is 11.6 Å². The molecule has 0 radical (unpaired) electrons. The van der Waals surface area contributed by atoms with E-state index >= 15 is 0 Å². The summed E-state index contributed by atoms with van der Waals surface area (Å²) in [6.07, 6.45) is 5.09. The third-order valence-electron chi connectivity index (χ3n) is 3.64. The molecule has 0 N–H and O–H groups in total. The molecule has 0 aliphatic heterocycles. The first-order valence-corrected chi connectivity index (χ1v) is 8.03. The second-order valence-electron chi connectivity index (χ2n) is 5.45. The number of aromatic nitrogens is 2. The largest absolute Gasteiger partial charge is 0.455 e. The fourth-order valence-electron chi connectivity index (χ4n) is 2.44. The Morgan fingerprint density at radius 3 is 2.48 bits per heavy atom. The molecular formula is C19H18Cl2N2O2. The number of carbonyl (C=O) groups excluding carboxylic acids is 1. The highest BCUT2D eigenvalue weighted by Gasteiger charge is 2.18. The van der Waals surface area contributed by atoms with Gasteiger partial charge < -0.3 is 9.30 Å². The first-order valence-electron chi connectivity index (χ1n) is 7.65. The summed E-state index contributed by atoms with van der Waals surface area (Å²) in [4.78, 5) is 16.3. The van der Waals surface area contributed by atoms with E-state index in [4.69, 9.17) is 16.3 Å². The van der Waals surface area contributed by atoms with Gasteiger partial charge in [0.05, 0.1) is 19.3 Å². The number of ether oxygens (including phenoxy) is 1. The van der Waals surface area contributed by atoms with Crippen LogP contribution < -0.4 is 0 Å². The first kappa shape index (κ1) is 19.0. The number of carbonyl (C=O) groups is 1. The number of nitrogens with zero attached hydrogens (tertiary/aromatic N) is 2. The van der Waals surface area contributed by atoms with Crippen LogP contribution in [0.4, 0.5) is 0 Å². The van der Waals surface area contributed by atoms with E-state index in [-0.39, 0.29) is 24.8 Å². The summed E-state index contributed by atoms with van der Waals surface area (Å²) in [6.45, 7) is 0.502. The molecule has 1 unspecified atom stereocenters. The van der Waals surface area contributed by atoms with Gasteiger partial charge in [0, 0.05) is 17.4 Å². The third kappa shape index (κ3) is 5.62. The maximum atomic E-state index is 12.3. The lowest BCUT2D eigenvalue weighted by Crippen LogP contribution is -2.17. The van der Waals surface area contributed by atoms with Crippen LogP contribution in [-0.2, 0) is 22.5 Å². The highest BCUT2D eigenvalue weighted by Crippen LogP contribution is 2.22. The Labute approximate surface area is 157 Å². The molecule has 0 aliphatic rings. The summed E-state index contributed by atoms with van der Waals surface area (Å²) < 4.78 is 7.61. The fourth-order valence-corrected chi connectivity index (χ4v) is 2.56. The van der Waals surface area contributed by atoms with Crippen molar-refractivity contribution < 1.29 is 9.53 Å². The number of imidazole rings is 1. The van der Waals surface area contributed by atoms with E-state index in [1.807, 2.05) is 53.2 Å². The van der Waals surface area contributed by atoms with Crippen molar-refractivity contribution in [1.29, 1.82) is 0 Å². The minimum Gasteiger partial charge on any atom is -0.455 e. The Balaban J connectivity index is 0.00000225. The van der Waals surface area contributed by atoms with Crippen molar-refractivity contribution in [3.05, 3.63) is 89.5 Å². The molecule has 0 saturated heterocycles. The monoisotopic (exact) mass is 376 g/mol. The Hall–Kier alpha value is -2.30. The molecule has 130 valence electrons. The third-order valence-corrected chi connectivity index (χ3v) is 3.89. The molecule has 0 amide bonds. The average Bonchev–Trinajstić information content (AvgIpc) is 3.09. The van der Waals surface area contributed by atoms with Crippen LogP contribution in [0.1, 0.15) is 17.2 Å². The molecule has 2 aromatic carbocycles. The minimum absolute atomic E-state index is 0. The topological polar surface area (TPSA) is 44.1 Å². The van der Waals surface area contributed by atoms with Crippen molar-refractivity contribution in [3.63, 3.8) is 0 Å². The van der Waals surface area contributed by atoms with E-state index in [1.165, 1.54) is 0 Å². The van der Waals surface area contributed by atoms with Gasteiger partial charge in [-0.1, -0.05) is 54.1 Å². The summed E-state index contributed by atoms with van der Waals surface area (Å²) in [5, 5.41) is 0.649. The van der Waals surface area contributed by atoms with Gasteiger partial charge in [-0.3, -0.25) is 4.79 Å². The lowest BCUT2D eigenvalue weighted by molar-refractivity contribution is -0.149. The summed E-state index contributed by atoms with van der Waals surface area (Å²) >= 11 is 5.95. The van der Waals surface area contributed by atoms with Crippen LogP contribution in [0.3, 0.4) is 0 Å². The smallest absolute Gasteiger partial charge is 0.310 e. The molecule has 25 heavy (non-hydrogen) atoms. The molecule has 1 heterocycles. The van der Waals surface area contributed by atoms with Crippen molar-refractivity contribution in [3.8, 4) is 0 Å². The van der Waals surface area contributed by atoms with Crippen LogP contribution >= 0.6 is 24.0 Å². The zero-order chi connectivity index (χ0) is 16.8. The van der Waals surface area contributed by atoms with Gasteiger partial charge >= 0.3 is 5.97 Å². The first-order chi connectivity index (χ1) is 11.7. The van der Waals surface area contributed by atoms with Crippen molar-refractivity contribution in [2.45, 2.75) is 19.1 Å². The average molecular weight is 377 g/mol. The van der Waals surface area contributed by atoms with Gasteiger partial charge in [0.15, 0.2) is 0 Å². The van der Waals surface area contributed by atoms with E-state index in [9.17, 15) is 4.79 Å². The molecular weight excluding hydrogens is 359 g/mol. The van der Waals surface area contributed by atoms with Crippen molar-refractivity contribution >= 4 is 30.0 Å². The van der Waals surface area contributed by atoms with Gasteiger partial charge in [-0.15, -0.1) is 12.4 Å². The summed E-state index contributed by atoms with van der Waals surface area (Å²) in [6, 6.07) is 16.9. The number of hydrogen-bond donors (Lipinski definition) is 0. The maximum absolute atomic E-state index is 12.3. The normalized spacial score (nSPS) is 11.4. The molecule has 0 spiro atoms. The van der Waals surface area contributed by atoms with Crippen LogP contribution in [0.2, 0.25) is 5.02 Å². The summed E-state index contributed by atoms with van der Waals surface area (Å²) in [5.41, 5.74) is 1.83. The summed E-state index contributed by atoms with van der Waals surface area (Å²) in [7, 11) is 0. The number of esters is 1. The highest BCUT2D eigenvalue weighted by atomic mass is 35.5. The number of rotatable bonds is 6. The second kappa shape index (κ2) is 9.25. The minimum atomic E-state index is -0.396. The van der Waals surface area contributed by atoms with Gasteiger partial charge in [-0.25, -0.2) is 4.98 Å². The standard InChI is InChI=1S/C19H17ClN2O2.ClH/c20-17-8-6-16(7-9-17)18(13-22-11-10-21-14-22)24-19(23)12-15-4-2-1-3-5-15;/h1-11,14,18H,12-13H2;1H. The SMILES string of the molecule is Cl.O=C(Cc1ccccc1)OC(Cn1ccnc1)c1ccc(Cl)cc1. The molecule has 3 rings (SSSR count). The van der Waals surface area contributed by atoms with E-state index in [1.54, 1.807) is 24.7 Å². The predicted octanol–water partition coefficient (Wildman–Crippen LogP) is 4.49. The quantitative estimate of drug-likeness (QED) is 0.595. The van der Waals surface area contributed by atoms with E-state index in [2.05, 4.69) is 4.98 Å². The molecule has 0 bridgehead atoms. The Bertz CT molecular complexity index is 775. The lowest BCUT2D eigenvalue weighted by Gasteiger charge is -2.19. The molecule has 0 aliphatic carbocycles. The summed E-state index contributed by atoms with van der Waals surface area (Å²) in [5.74, 6) is -0.263. The van der Waals surface area contributed by atoms with Crippen LogP contribution in [-0.4, -0.2) is 15.5 Å². The van der Waals surface area contributed by atoms with Gasteiger partial charge in [0.1, 0.15) is 6.10 Å². The molecule has 6 heteroatoms. The Morgan fingerprint density at radius 1 is 1.12 bits per heavy atom. The molecule has 0 fully saturated rings. The van der Waals surface area contributed by atoms with Crippen molar-refractivity contribution in [2.75, 3.05) is 0 Å². The molecule has 3 aromatic rings. The zero-order valence-corrected chi connectivity index (χ0v) is 15.0. The fraction of sp³-hybridized carbons (Fsp3) is 0.158. The molecule has 0 saturated carbocycles. The van der Waals surface area contributed by atoms with Crippen LogP contribution in [0.15, 0.2) is 73.3 Å². The van der Waals surface area contributed by atoms with Crippen molar-refractivity contribution in [2.24, 2.45) is 0 Å². The van der Waals surface area contributed by atoms with E-state index < -0.39 is 6.10 Å². The Morgan fingerprint density at radius 2 is 1.84 bits per heavy atom. The van der Waals surface area contributed by atoms with Crippen LogP contribution in [0.25, 0.3) is 0 Å². The molecule has 1 aromatic heterocycles. The van der Waals surface area contributed by atoms with Crippen LogP contribution in [0.5, 0.6) is 0 Å². The zero-order valence-electron chi connectivity index (χ0n) is 13.4.